The van der Waals surface area contributed by atoms with Crippen molar-refractivity contribution in [2.45, 2.75) is 78.1 Å². The fourth-order valence-corrected chi connectivity index (χ4v) is 3.26. The van der Waals surface area contributed by atoms with Gasteiger partial charge in [0.2, 0.25) is 0 Å². The zero-order chi connectivity index (χ0) is 19.3. The van der Waals surface area contributed by atoms with Crippen LogP contribution in [0.15, 0.2) is 30.3 Å². The SMILES string of the molecule is CCCCCCCCCCCc1cc(OC(=O)OCC)c2ccccc2n1. The second kappa shape index (κ2) is 12.3. The number of hydrogen-bond donors (Lipinski definition) is 0. The molecule has 1 aromatic carbocycles. The summed E-state index contributed by atoms with van der Waals surface area (Å²) in [5.41, 5.74) is 1.82. The molecular weight excluding hydrogens is 338 g/mol. The normalized spacial score (nSPS) is 10.9. The highest BCUT2D eigenvalue weighted by molar-refractivity contribution is 5.87. The van der Waals surface area contributed by atoms with Gasteiger partial charge in [-0.2, -0.15) is 0 Å². The number of carbonyl (C=O) groups excluding carboxylic acids is 1. The van der Waals surface area contributed by atoms with E-state index in [9.17, 15) is 4.79 Å². The third kappa shape index (κ3) is 7.58. The van der Waals surface area contributed by atoms with Crippen molar-refractivity contribution in [1.82, 2.24) is 4.98 Å². The third-order valence-electron chi connectivity index (χ3n) is 4.72. The van der Waals surface area contributed by atoms with E-state index >= 15 is 0 Å². The number of unbranched alkanes of at least 4 members (excludes halogenated alkanes) is 8. The van der Waals surface area contributed by atoms with E-state index in [4.69, 9.17) is 14.5 Å². The molecule has 4 nitrogen and oxygen atoms in total. The second-order valence-corrected chi connectivity index (χ2v) is 6.99. The zero-order valence-electron chi connectivity index (χ0n) is 16.8. The number of carbonyl (C=O) groups is 1. The lowest BCUT2D eigenvalue weighted by atomic mass is 10.1. The summed E-state index contributed by atoms with van der Waals surface area (Å²) in [7, 11) is 0. The second-order valence-electron chi connectivity index (χ2n) is 6.99. The molecule has 4 heteroatoms. The highest BCUT2D eigenvalue weighted by Gasteiger charge is 2.11. The highest BCUT2D eigenvalue weighted by atomic mass is 16.7. The van der Waals surface area contributed by atoms with Gasteiger partial charge in [-0.3, -0.25) is 4.98 Å². The van der Waals surface area contributed by atoms with E-state index in [1.165, 1.54) is 51.4 Å². The molecule has 0 amide bonds. The maximum atomic E-state index is 11.7. The Bertz CT molecular complexity index is 699. The number of ether oxygens (including phenoxy) is 2. The lowest BCUT2D eigenvalue weighted by Crippen LogP contribution is -2.11. The van der Waals surface area contributed by atoms with Gasteiger partial charge in [0, 0.05) is 17.1 Å². The minimum absolute atomic E-state index is 0.299. The number of benzene rings is 1. The van der Waals surface area contributed by atoms with Gasteiger partial charge in [0.05, 0.1) is 12.1 Å². The molecule has 0 atom stereocenters. The molecule has 1 aromatic heterocycles. The molecule has 0 radical (unpaired) electrons. The van der Waals surface area contributed by atoms with Crippen LogP contribution in [0.25, 0.3) is 10.9 Å². The molecule has 0 bridgehead atoms. The van der Waals surface area contributed by atoms with Crippen molar-refractivity contribution in [2.75, 3.05) is 6.61 Å². The summed E-state index contributed by atoms with van der Waals surface area (Å²) in [6.45, 7) is 4.32. The van der Waals surface area contributed by atoms with Gasteiger partial charge in [-0.05, 0) is 31.9 Å². The van der Waals surface area contributed by atoms with Gasteiger partial charge in [0.25, 0.3) is 0 Å². The van der Waals surface area contributed by atoms with Crippen LogP contribution in [0.1, 0.15) is 77.3 Å². The van der Waals surface area contributed by atoms with E-state index in [2.05, 4.69) is 6.92 Å². The first kappa shape index (κ1) is 21.2. The average Bonchev–Trinajstić information content (AvgIpc) is 2.67. The summed E-state index contributed by atoms with van der Waals surface area (Å²) in [6.07, 6.45) is 11.9. The highest BCUT2D eigenvalue weighted by Crippen LogP contribution is 2.26. The molecule has 0 fully saturated rings. The molecule has 0 aliphatic carbocycles. The Hall–Kier alpha value is -2.10. The third-order valence-corrected chi connectivity index (χ3v) is 4.72. The molecule has 2 rings (SSSR count). The van der Waals surface area contributed by atoms with Gasteiger partial charge in [-0.15, -0.1) is 0 Å². The van der Waals surface area contributed by atoms with Gasteiger partial charge in [-0.1, -0.05) is 70.4 Å². The van der Waals surface area contributed by atoms with Crippen LogP contribution in [-0.4, -0.2) is 17.7 Å². The van der Waals surface area contributed by atoms with Crippen LogP contribution < -0.4 is 4.74 Å². The van der Waals surface area contributed by atoms with Crippen molar-refractivity contribution in [1.29, 1.82) is 0 Å². The number of hydrogen-bond acceptors (Lipinski definition) is 4. The zero-order valence-corrected chi connectivity index (χ0v) is 16.8. The number of pyridine rings is 1. The summed E-state index contributed by atoms with van der Waals surface area (Å²) in [4.78, 5) is 16.5. The van der Waals surface area contributed by atoms with Crippen LogP contribution in [0.3, 0.4) is 0 Å². The van der Waals surface area contributed by atoms with Crippen LogP contribution in [0.5, 0.6) is 5.75 Å². The summed E-state index contributed by atoms with van der Waals surface area (Å²) >= 11 is 0. The Balaban J connectivity index is 1.85. The lowest BCUT2D eigenvalue weighted by molar-refractivity contribution is 0.105. The molecule has 0 saturated heterocycles. The first-order chi connectivity index (χ1) is 13.2. The van der Waals surface area contributed by atoms with Crippen molar-refractivity contribution >= 4 is 17.1 Å². The molecule has 0 unspecified atom stereocenters. The Morgan fingerprint density at radius 1 is 0.926 bits per heavy atom. The molecule has 0 saturated carbocycles. The van der Waals surface area contributed by atoms with E-state index in [1.807, 2.05) is 30.3 Å². The minimum atomic E-state index is -0.664. The van der Waals surface area contributed by atoms with Crippen LogP contribution in [0.4, 0.5) is 4.79 Å². The molecule has 0 spiro atoms. The largest absolute Gasteiger partial charge is 0.513 e. The number of aromatic nitrogens is 1. The predicted molar refractivity (Wildman–Crippen MR) is 110 cm³/mol. The summed E-state index contributed by atoms with van der Waals surface area (Å²) in [5.74, 6) is 0.532. The number of para-hydroxylation sites is 1. The molecule has 0 aliphatic rings. The number of rotatable bonds is 12. The Morgan fingerprint density at radius 3 is 2.30 bits per heavy atom. The van der Waals surface area contributed by atoms with E-state index in [1.54, 1.807) is 6.92 Å². The van der Waals surface area contributed by atoms with Gasteiger partial charge in [0.1, 0.15) is 5.75 Å². The van der Waals surface area contributed by atoms with Gasteiger partial charge in [-0.25, -0.2) is 4.79 Å². The van der Waals surface area contributed by atoms with Crippen molar-refractivity contribution in [3.8, 4) is 5.75 Å². The smallest absolute Gasteiger partial charge is 0.434 e. The summed E-state index contributed by atoms with van der Waals surface area (Å²) < 4.78 is 10.3. The van der Waals surface area contributed by atoms with E-state index in [0.29, 0.717) is 12.4 Å². The molecule has 0 aliphatic heterocycles. The van der Waals surface area contributed by atoms with Crippen LogP contribution >= 0.6 is 0 Å². The standard InChI is InChI=1S/C23H33NO3/c1-3-5-6-7-8-9-10-11-12-15-19-18-22(27-23(25)26-4-2)20-16-13-14-17-21(20)24-19/h13-14,16-18H,3-12,15H2,1-2H3. The lowest BCUT2D eigenvalue weighted by Gasteiger charge is -2.10. The molecule has 1 heterocycles. The van der Waals surface area contributed by atoms with Crippen molar-refractivity contribution in [3.63, 3.8) is 0 Å². The van der Waals surface area contributed by atoms with Gasteiger partial charge < -0.3 is 9.47 Å². The van der Waals surface area contributed by atoms with E-state index in [-0.39, 0.29) is 0 Å². The molecule has 2 aromatic rings. The first-order valence-electron chi connectivity index (χ1n) is 10.5. The van der Waals surface area contributed by atoms with Crippen molar-refractivity contribution < 1.29 is 14.3 Å². The van der Waals surface area contributed by atoms with Crippen LogP contribution in [0.2, 0.25) is 0 Å². The molecular formula is C23H33NO3. The van der Waals surface area contributed by atoms with E-state index < -0.39 is 6.16 Å². The fraction of sp³-hybridized carbons (Fsp3) is 0.565. The Morgan fingerprint density at radius 2 is 1.59 bits per heavy atom. The summed E-state index contributed by atoms with van der Waals surface area (Å²) in [5, 5.41) is 0.835. The predicted octanol–water partition coefficient (Wildman–Crippen LogP) is 6.84. The molecule has 0 N–H and O–H groups in total. The van der Waals surface area contributed by atoms with E-state index in [0.717, 1.165) is 29.4 Å². The number of aryl methyl sites for hydroxylation is 1. The van der Waals surface area contributed by atoms with Crippen LogP contribution in [-0.2, 0) is 11.2 Å². The quantitative estimate of drug-likeness (QED) is 0.302. The minimum Gasteiger partial charge on any atom is -0.434 e. The van der Waals surface area contributed by atoms with Crippen molar-refractivity contribution in [3.05, 3.63) is 36.0 Å². The van der Waals surface area contributed by atoms with Gasteiger partial charge in [0.15, 0.2) is 0 Å². The monoisotopic (exact) mass is 371 g/mol. The maximum Gasteiger partial charge on any atom is 0.513 e. The summed E-state index contributed by atoms with van der Waals surface area (Å²) in [6, 6.07) is 9.62. The fourth-order valence-electron chi connectivity index (χ4n) is 3.26. The molecule has 148 valence electrons. The average molecular weight is 372 g/mol. The first-order valence-corrected chi connectivity index (χ1v) is 10.5. The van der Waals surface area contributed by atoms with Gasteiger partial charge >= 0.3 is 6.16 Å². The molecule has 27 heavy (non-hydrogen) atoms. The van der Waals surface area contributed by atoms with Crippen LogP contribution in [0, 0.1) is 0 Å². The number of nitrogens with zero attached hydrogens (tertiary/aromatic N) is 1. The maximum absolute atomic E-state index is 11.7. The number of fused-ring (bicyclic) bond motifs is 1. The van der Waals surface area contributed by atoms with Crippen molar-refractivity contribution in [2.24, 2.45) is 0 Å². The topological polar surface area (TPSA) is 48.4 Å². The Kier molecular flexibility index (Phi) is 9.67. The Labute approximate surface area is 163 Å².